The van der Waals surface area contributed by atoms with Gasteiger partial charge < -0.3 is 0 Å². The van der Waals surface area contributed by atoms with Crippen LogP contribution in [0.1, 0.15) is 39.9 Å². The summed E-state index contributed by atoms with van der Waals surface area (Å²) in [5.41, 5.74) is 4.16. The van der Waals surface area contributed by atoms with Gasteiger partial charge in [-0.2, -0.15) is 35.7 Å². The molecule has 0 N–H and O–H groups in total. The van der Waals surface area contributed by atoms with Crippen LogP contribution in [0.4, 0.5) is 40.7 Å². The Morgan fingerprint density at radius 3 is 1.03 bits per heavy atom. The van der Waals surface area contributed by atoms with Gasteiger partial charge in [-0.25, -0.2) is 64.8 Å². The predicted molar refractivity (Wildman–Crippen MR) is 295 cm³/mol. The predicted octanol–water partition coefficient (Wildman–Crippen LogP) is 4.11. The highest BCUT2D eigenvalue weighted by Gasteiger charge is 2.11. The Morgan fingerprint density at radius 2 is 0.632 bits per heavy atom. The van der Waals surface area contributed by atoms with Crippen molar-refractivity contribution in [3.63, 3.8) is 0 Å². The van der Waals surface area contributed by atoms with Crippen LogP contribution in [0.5, 0.6) is 0 Å². The molecule has 0 unspecified atom stereocenters. The lowest BCUT2D eigenvalue weighted by atomic mass is 10.3. The molecular formula is C49H49N27. The maximum atomic E-state index is 4.68. The number of nitrogens with zero attached hydrogens (tertiary/aromatic N) is 27. The van der Waals surface area contributed by atoms with Crippen molar-refractivity contribution < 1.29 is 0 Å². The summed E-state index contributed by atoms with van der Waals surface area (Å²) in [5, 5.41) is 42.7. The lowest BCUT2D eigenvalue weighted by Gasteiger charge is -2.15. The maximum absolute atomic E-state index is 4.68. The lowest BCUT2D eigenvalue weighted by Crippen LogP contribution is -2.16. The maximum Gasteiger partial charge on any atom is 0.169 e. The summed E-state index contributed by atoms with van der Waals surface area (Å²) >= 11 is 0. The second kappa shape index (κ2) is 25.5. The van der Waals surface area contributed by atoms with Crippen LogP contribution in [0.15, 0.2) is 165 Å². The van der Waals surface area contributed by atoms with Crippen LogP contribution >= 0.6 is 0 Å². The molecule has 0 aliphatic carbocycles. The highest BCUT2D eigenvalue weighted by atomic mass is 15.5. The van der Waals surface area contributed by atoms with Crippen LogP contribution in [0.2, 0.25) is 0 Å². The first-order valence-corrected chi connectivity index (χ1v) is 22.9. The van der Waals surface area contributed by atoms with E-state index >= 15 is 0 Å². The fraction of sp³-hybridized carbons (Fsp3) is 0.143. The van der Waals surface area contributed by atoms with E-state index in [0.29, 0.717) is 74.9 Å². The first kappa shape index (κ1) is 51.5. The quantitative estimate of drug-likeness (QED) is 0.0723. The van der Waals surface area contributed by atoms with E-state index in [0.717, 1.165) is 5.69 Å². The van der Waals surface area contributed by atoms with Gasteiger partial charge >= 0.3 is 0 Å². The smallest absolute Gasteiger partial charge is 0.169 e. The minimum atomic E-state index is 0.472. The Labute approximate surface area is 436 Å². The second-order valence-electron chi connectivity index (χ2n) is 15.7. The molecule has 76 heavy (non-hydrogen) atoms. The summed E-state index contributed by atoms with van der Waals surface area (Å²) in [5.74, 6) is 3.79. The van der Waals surface area contributed by atoms with E-state index in [1.807, 2.05) is 61.6 Å². The van der Waals surface area contributed by atoms with Crippen LogP contribution in [-0.4, -0.2) is 158 Å². The van der Waals surface area contributed by atoms with Crippen LogP contribution in [0, 0.1) is 0 Å². The lowest BCUT2D eigenvalue weighted by molar-refractivity contribution is 0.923. The minimum Gasteiger partial charge on any atom is -0.257 e. The zero-order valence-electron chi connectivity index (χ0n) is 42.2. The molecule has 27 heteroatoms. The summed E-state index contributed by atoms with van der Waals surface area (Å²) in [6, 6.07) is 23.8. The molecule has 0 fully saturated rings. The van der Waals surface area contributed by atoms with E-state index in [1.54, 1.807) is 170 Å². The van der Waals surface area contributed by atoms with Crippen molar-refractivity contribution in [3.8, 4) is 0 Å². The Balaban J connectivity index is 0.827. The number of hydrogen-bond donors (Lipinski definition) is 0. The largest absolute Gasteiger partial charge is 0.257 e. The van der Waals surface area contributed by atoms with Crippen LogP contribution in [0.25, 0.3) is 0 Å². The minimum absolute atomic E-state index is 0.472. The van der Waals surface area contributed by atoms with Crippen LogP contribution in [-0.2, 0) is 0 Å². The molecule has 0 aliphatic heterocycles. The topological polar surface area (TPSA) is 277 Å². The molecule has 380 valence electrons. The fourth-order valence-electron chi connectivity index (χ4n) is 6.14. The van der Waals surface area contributed by atoms with Gasteiger partial charge in [-0.3, -0.25) is 35.0 Å². The summed E-state index contributed by atoms with van der Waals surface area (Å²) < 4.78 is 0. The van der Waals surface area contributed by atoms with E-state index in [9.17, 15) is 0 Å². The van der Waals surface area contributed by atoms with Gasteiger partial charge in [0.2, 0.25) is 0 Å². The highest BCUT2D eigenvalue weighted by Crippen LogP contribution is 2.19. The summed E-state index contributed by atoms with van der Waals surface area (Å²) in [4.78, 5) is 57.0. The standard InChI is InChI=1S/C49H49N27/c1-70(43-16-9-11-18-52-43)62-24-37-14-12-15-38(68-37)25-63-75(6)48-30-50-31-49(69-48)76(7)67-29-42-20-41(55-33-56-42)28-66-74(5)47-22-46(59-35-60-47)73(4)65-27-40-19-39(53-32-54-40)26-64-72(3)45-21-44(57-34-58-45)71(2)61-23-36-13-8-10-17-51-36/h8-35H,1-7H3/b61-23+,62-24+,63-25+,64-26+,65-27+,66-28+,67-29+. The van der Waals surface area contributed by atoms with Crippen molar-refractivity contribution in [2.24, 2.45) is 35.7 Å². The molecule has 8 aromatic rings. The van der Waals surface area contributed by atoms with Gasteiger partial charge in [-0.15, -0.1) is 0 Å². The van der Waals surface area contributed by atoms with E-state index in [4.69, 9.17) is 0 Å². The van der Waals surface area contributed by atoms with Gasteiger partial charge in [0.1, 0.15) is 31.1 Å². The molecule has 0 bridgehead atoms. The number of aromatic nitrogens is 13. The van der Waals surface area contributed by atoms with Gasteiger partial charge in [0.25, 0.3) is 0 Å². The van der Waals surface area contributed by atoms with Gasteiger partial charge in [0, 0.05) is 73.9 Å². The molecule has 8 rings (SSSR count). The third kappa shape index (κ3) is 14.8. The van der Waals surface area contributed by atoms with Gasteiger partial charge in [0.15, 0.2) is 34.9 Å². The first-order valence-electron chi connectivity index (χ1n) is 22.9. The zero-order chi connectivity index (χ0) is 53.1. The number of hydrogen-bond acceptors (Lipinski definition) is 27. The second-order valence-corrected chi connectivity index (χ2v) is 15.7. The molecule has 8 aromatic heterocycles. The molecule has 0 radical (unpaired) electrons. The monoisotopic (exact) mass is 1020 g/mol. The Kier molecular flexibility index (Phi) is 17.3. The average Bonchev–Trinajstić information content (AvgIpc) is 3.47. The normalized spacial score (nSPS) is 11.8. The molecule has 0 spiro atoms. The molecule has 0 atom stereocenters. The molecule has 0 amide bonds. The summed E-state index contributed by atoms with van der Waals surface area (Å²) in [7, 11) is 12.4. The number of pyridine rings is 3. The third-order valence-electron chi connectivity index (χ3n) is 10.3. The summed E-state index contributed by atoms with van der Waals surface area (Å²) in [6.45, 7) is 0. The SMILES string of the molecule is CN(/N=C/c1cccc(/C=N/N(C)c2cncc(N(C)/N=C/c3cc(/C=N/N(C)c4cc(N(C)/N=C/c5cc(/C=N/N(C)c6cc(N(C)/N=C/c7ccccn7)ncn6)ncn5)ncn4)ncn3)n2)n1)c1ccccn1. The molecule has 0 saturated heterocycles. The Bertz CT molecular complexity index is 3390. The van der Waals surface area contributed by atoms with Gasteiger partial charge in [-0.05, 0) is 48.5 Å². The van der Waals surface area contributed by atoms with E-state index in [1.165, 1.54) is 25.3 Å². The van der Waals surface area contributed by atoms with Crippen molar-refractivity contribution in [1.82, 2.24) is 64.8 Å². The zero-order valence-corrected chi connectivity index (χ0v) is 42.2. The number of hydrazone groups is 7. The van der Waals surface area contributed by atoms with E-state index in [-0.39, 0.29) is 0 Å². The third-order valence-corrected chi connectivity index (χ3v) is 10.3. The van der Waals surface area contributed by atoms with Crippen molar-refractivity contribution >= 4 is 84.2 Å². The number of anilines is 7. The highest BCUT2D eigenvalue weighted by molar-refractivity contribution is 5.85. The molecule has 0 aromatic carbocycles. The fourth-order valence-corrected chi connectivity index (χ4v) is 6.14. The van der Waals surface area contributed by atoms with Crippen molar-refractivity contribution in [1.29, 1.82) is 0 Å². The Hall–Kier alpha value is -10.9. The summed E-state index contributed by atoms with van der Waals surface area (Å²) in [6.07, 6.45) is 23.6. The molecule has 8 heterocycles. The van der Waals surface area contributed by atoms with Gasteiger partial charge in [-0.1, -0.05) is 18.2 Å². The van der Waals surface area contributed by atoms with Crippen molar-refractivity contribution in [3.05, 3.63) is 169 Å². The number of rotatable bonds is 21. The molecule has 0 aliphatic rings. The van der Waals surface area contributed by atoms with Crippen molar-refractivity contribution in [2.75, 3.05) is 84.4 Å². The molecule has 0 saturated carbocycles. The van der Waals surface area contributed by atoms with Crippen LogP contribution in [0.3, 0.4) is 0 Å². The van der Waals surface area contributed by atoms with Gasteiger partial charge in [0.05, 0.1) is 95.8 Å². The van der Waals surface area contributed by atoms with E-state index < -0.39 is 0 Å². The van der Waals surface area contributed by atoms with Crippen LogP contribution < -0.4 is 35.1 Å². The molecule has 27 nitrogen and oxygen atoms in total. The Morgan fingerprint density at radius 1 is 0.289 bits per heavy atom. The first-order chi connectivity index (χ1) is 37.0. The van der Waals surface area contributed by atoms with E-state index in [2.05, 4.69) is 101 Å². The average molecular weight is 1020 g/mol. The molecular weight excluding hydrogens is 967 g/mol. The van der Waals surface area contributed by atoms with Crippen molar-refractivity contribution in [2.45, 2.75) is 0 Å².